The van der Waals surface area contributed by atoms with Gasteiger partial charge >= 0.3 is 0 Å². The predicted molar refractivity (Wildman–Crippen MR) is 49.9 cm³/mol. The minimum absolute atomic E-state index is 0.0206. The van der Waals surface area contributed by atoms with Crippen molar-refractivity contribution in [3.63, 3.8) is 0 Å². The van der Waals surface area contributed by atoms with Crippen LogP contribution in [-0.2, 0) is 6.42 Å². The van der Waals surface area contributed by atoms with E-state index >= 15 is 0 Å². The van der Waals surface area contributed by atoms with E-state index < -0.39 is 11.0 Å². The van der Waals surface area contributed by atoms with Crippen LogP contribution < -0.4 is 0 Å². The first-order valence-electron chi connectivity index (χ1n) is 4.15. The van der Waals surface area contributed by atoms with E-state index in [2.05, 4.69) is 0 Å². The number of aliphatic hydroxyl groups excluding tert-OH is 2. The van der Waals surface area contributed by atoms with E-state index in [0.29, 0.717) is 6.42 Å². The number of hydrogen-bond donors (Lipinski definition) is 2. The maximum absolute atomic E-state index is 10.3. The van der Waals surface area contributed by atoms with E-state index in [4.69, 9.17) is 10.2 Å². The van der Waals surface area contributed by atoms with Crippen molar-refractivity contribution in [1.29, 1.82) is 0 Å². The van der Waals surface area contributed by atoms with Crippen molar-refractivity contribution >= 4 is 5.69 Å². The molecule has 5 heteroatoms. The third-order valence-corrected chi connectivity index (χ3v) is 1.83. The maximum Gasteiger partial charge on any atom is 0.269 e. The lowest BCUT2D eigenvalue weighted by molar-refractivity contribution is -0.384. The van der Waals surface area contributed by atoms with E-state index in [1.54, 1.807) is 12.1 Å². The molecule has 0 saturated heterocycles. The number of nitro groups is 1. The van der Waals surface area contributed by atoms with Gasteiger partial charge in [0.2, 0.25) is 0 Å². The Balaban J connectivity index is 2.68. The molecule has 1 rings (SSSR count). The number of aliphatic hydroxyl groups is 2. The fourth-order valence-corrected chi connectivity index (χ4v) is 1.09. The smallest absolute Gasteiger partial charge is 0.269 e. The zero-order valence-electron chi connectivity index (χ0n) is 7.46. The summed E-state index contributed by atoms with van der Waals surface area (Å²) in [5, 5.41) is 28.0. The molecule has 0 aliphatic heterocycles. The molecule has 0 saturated carbocycles. The van der Waals surface area contributed by atoms with Gasteiger partial charge in [0.05, 0.1) is 17.6 Å². The zero-order chi connectivity index (χ0) is 10.6. The molecule has 1 aromatic rings. The lowest BCUT2D eigenvalue weighted by Crippen LogP contribution is -2.14. The molecule has 0 heterocycles. The van der Waals surface area contributed by atoms with Gasteiger partial charge in [0.1, 0.15) is 0 Å². The van der Waals surface area contributed by atoms with E-state index in [9.17, 15) is 10.1 Å². The van der Waals surface area contributed by atoms with Crippen LogP contribution in [0, 0.1) is 10.1 Å². The number of benzene rings is 1. The average Bonchev–Trinajstić information content (AvgIpc) is 2.18. The first-order valence-corrected chi connectivity index (χ1v) is 4.15. The summed E-state index contributed by atoms with van der Waals surface area (Å²) in [6, 6.07) is 5.88. The molecule has 0 radical (unpaired) electrons. The van der Waals surface area contributed by atoms with Gasteiger partial charge in [0.15, 0.2) is 0 Å². The first-order chi connectivity index (χ1) is 6.63. The maximum atomic E-state index is 10.3. The molecule has 0 aliphatic rings. The molecule has 0 aliphatic carbocycles. The van der Waals surface area contributed by atoms with Gasteiger partial charge < -0.3 is 10.2 Å². The van der Waals surface area contributed by atoms with Crippen LogP contribution in [0.2, 0.25) is 0 Å². The molecule has 1 unspecified atom stereocenters. The second kappa shape index (κ2) is 4.69. The standard InChI is InChI=1S/C9H11NO4/c11-6-9(12)5-7-1-3-8(4-2-7)10(13)14/h1-4,9,11-12H,5-6H2. The Bertz CT molecular complexity index is 309. The Morgan fingerprint density at radius 3 is 2.36 bits per heavy atom. The monoisotopic (exact) mass is 197 g/mol. The van der Waals surface area contributed by atoms with E-state index in [1.807, 2.05) is 0 Å². The Kier molecular flexibility index (Phi) is 3.55. The second-order valence-corrected chi connectivity index (χ2v) is 2.96. The second-order valence-electron chi connectivity index (χ2n) is 2.96. The third kappa shape index (κ3) is 2.79. The van der Waals surface area contributed by atoms with Crippen LogP contribution in [0.4, 0.5) is 5.69 Å². The van der Waals surface area contributed by atoms with Gasteiger partial charge in [-0.25, -0.2) is 0 Å². The molecule has 2 N–H and O–H groups in total. The minimum Gasteiger partial charge on any atom is -0.394 e. The van der Waals surface area contributed by atoms with Crippen molar-refractivity contribution < 1.29 is 15.1 Å². The molecule has 14 heavy (non-hydrogen) atoms. The van der Waals surface area contributed by atoms with Gasteiger partial charge in [-0.2, -0.15) is 0 Å². The Labute approximate surface area is 80.8 Å². The molecular formula is C9H11NO4. The van der Waals surface area contributed by atoms with Gasteiger partial charge in [0, 0.05) is 18.6 Å². The molecule has 0 aromatic heterocycles. The van der Waals surface area contributed by atoms with Gasteiger partial charge in [-0.15, -0.1) is 0 Å². The summed E-state index contributed by atoms with van der Waals surface area (Å²) in [7, 11) is 0. The fourth-order valence-electron chi connectivity index (χ4n) is 1.09. The largest absolute Gasteiger partial charge is 0.394 e. The van der Waals surface area contributed by atoms with Crippen molar-refractivity contribution in [3.8, 4) is 0 Å². The number of nitrogens with zero attached hydrogens (tertiary/aromatic N) is 1. The molecular weight excluding hydrogens is 186 g/mol. The van der Waals surface area contributed by atoms with Crippen LogP contribution >= 0.6 is 0 Å². The van der Waals surface area contributed by atoms with Crippen molar-refractivity contribution in [3.05, 3.63) is 39.9 Å². The molecule has 1 aromatic carbocycles. The van der Waals surface area contributed by atoms with Crippen LogP contribution in [0.5, 0.6) is 0 Å². The van der Waals surface area contributed by atoms with Gasteiger partial charge in [-0.1, -0.05) is 12.1 Å². The number of nitro benzene ring substituents is 1. The third-order valence-electron chi connectivity index (χ3n) is 1.83. The highest BCUT2D eigenvalue weighted by Gasteiger charge is 2.06. The summed E-state index contributed by atoms with van der Waals surface area (Å²) >= 11 is 0. The van der Waals surface area contributed by atoms with E-state index in [0.717, 1.165) is 5.56 Å². The first kappa shape index (κ1) is 10.6. The number of non-ortho nitro benzene ring substituents is 1. The van der Waals surface area contributed by atoms with Crippen molar-refractivity contribution in [1.82, 2.24) is 0 Å². The summed E-state index contributed by atoms with van der Waals surface area (Å²) in [5.74, 6) is 0. The van der Waals surface area contributed by atoms with Crippen molar-refractivity contribution in [2.75, 3.05) is 6.61 Å². The summed E-state index contributed by atoms with van der Waals surface area (Å²) in [4.78, 5) is 9.83. The summed E-state index contributed by atoms with van der Waals surface area (Å²) in [5.41, 5.74) is 0.782. The van der Waals surface area contributed by atoms with Crippen molar-refractivity contribution in [2.24, 2.45) is 0 Å². The highest BCUT2D eigenvalue weighted by atomic mass is 16.6. The fraction of sp³-hybridized carbons (Fsp3) is 0.333. The molecule has 0 amide bonds. The zero-order valence-corrected chi connectivity index (χ0v) is 7.46. The van der Waals surface area contributed by atoms with Gasteiger partial charge in [-0.3, -0.25) is 10.1 Å². The van der Waals surface area contributed by atoms with Gasteiger partial charge in [0.25, 0.3) is 5.69 Å². The predicted octanol–water partition coefficient (Wildman–Crippen LogP) is 0.490. The summed E-state index contributed by atoms with van der Waals surface area (Å²) in [6.45, 7) is -0.309. The highest BCUT2D eigenvalue weighted by Crippen LogP contribution is 2.12. The Morgan fingerprint density at radius 1 is 1.36 bits per heavy atom. The van der Waals surface area contributed by atoms with E-state index in [-0.39, 0.29) is 12.3 Å². The van der Waals surface area contributed by atoms with Gasteiger partial charge in [-0.05, 0) is 5.56 Å². The molecule has 0 bridgehead atoms. The molecule has 1 atom stereocenters. The van der Waals surface area contributed by atoms with Crippen LogP contribution in [0.25, 0.3) is 0 Å². The van der Waals surface area contributed by atoms with Crippen LogP contribution in [0.15, 0.2) is 24.3 Å². The SMILES string of the molecule is O=[N+]([O-])c1ccc(CC(O)CO)cc1. The van der Waals surface area contributed by atoms with Crippen LogP contribution in [0.3, 0.4) is 0 Å². The lowest BCUT2D eigenvalue weighted by atomic mass is 10.1. The normalized spacial score (nSPS) is 12.4. The molecule has 0 fully saturated rings. The Morgan fingerprint density at radius 2 is 1.93 bits per heavy atom. The number of hydrogen-bond acceptors (Lipinski definition) is 4. The van der Waals surface area contributed by atoms with Crippen LogP contribution in [0.1, 0.15) is 5.56 Å². The number of rotatable bonds is 4. The quantitative estimate of drug-likeness (QED) is 0.543. The Hall–Kier alpha value is -1.46. The highest BCUT2D eigenvalue weighted by molar-refractivity contribution is 5.33. The van der Waals surface area contributed by atoms with E-state index in [1.165, 1.54) is 12.1 Å². The molecule has 0 spiro atoms. The molecule has 5 nitrogen and oxygen atoms in total. The summed E-state index contributed by atoms with van der Waals surface area (Å²) in [6.07, 6.45) is -0.509. The minimum atomic E-state index is -0.809. The lowest BCUT2D eigenvalue weighted by Gasteiger charge is -2.05. The van der Waals surface area contributed by atoms with Crippen molar-refractivity contribution in [2.45, 2.75) is 12.5 Å². The topological polar surface area (TPSA) is 83.6 Å². The average molecular weight is 197 g/mol. The van der Waals surface area contributed by atoms with Crippen LogP contribution in [-0.4, -0.2) is 27.8 Å². The molecule has 76 valence electrons. The summed E-state index contributed by atoms with van der Waals surface area (Å²) < 4.78 is 0.